The van der Waals surface area contributed by atoms with Gasteiger partial charge in [-0.15, -0.1) is 10.9 Å². The summed E-state index contributed by atoms with van der Waals surface area (Å²) in [5.74, 6) is 1.70. The van der Waals surface area contributed by atoms with Gasteiger partial charge in [0, 0.05) is 17.8 Å². The van der Waals surface area contributed by atoms with Gasteiger partial charge in [-0.05, 0) is 6.07 Å². The molecule has 148 valence electrons. The number of hydrogen-bond donors (Lipinski definition) is 0. The van der Waals surface area contributed by atoms with Crippen LogP contribution >= 0.6 is 0 Å². The van der Waals surface area contributed by atoms with E-state index in [1.165, 1.54) is 0 Å². The van der Waals surface area contributed by atoms with Crippen LogP contribution in [0.5, 0.6) is 5.88 Å². The van der Waals surface area contributed by atoms with Crippen LogP contribution in [-0.4, -0.2) is 16.3 Å². The molecular weight excluding hydrogens is 381 g/mol. The Kier molecular flexibility index (Phi) is 4.00. The van der Waals surface area contributed by atoms with Crippen LogP contribution in [0.3, 0.4) is 0 Å². The van der Waals surface area contributed by atoms with Crippen LogP contribution in [0.4, 0.5) is 0 Å². The van der Waals surface area contributed by atoms with Gasteiger partial charge in [0.2, 0.25) is 0 Å². The molecule has 2 aromatic heterocycles. The van der Waals surface area contributed by atoms with Gasteiger partial charge >= 0.3 is 6.48 Å². The average molecular weight is 401 g/mol. The Morgan fingerprint density at radius 3 is 1.90 bits per heavy atom. The molecule has 3 aromatic carbocycles. The second-order valence-corrected chi connectivity index (χ2v) is 7.79. The maximum Gasteiger partial charge on any atom is 0.425 e. The fourth-order valence-electron chi connectivity index (χ4n) is 4.61. The second-order valence-electron chi connectivity index (χ2n) is 7.79. The van der Waals surface area contributed by atoms with E-state index < -0.39 is 6.48 Å². The Bertz CT molecular complexity index is 1310. The van der Waals surface area contributed by atoms with E-state index in [9.17, 15) is 0 Å². The smallest absolute Gasteiger partial charge is 0.425 e. The lowest BCUT2D eigenvalue weighted by Crippen LogP contribution is -2.84. The maximum absolute atomic E-state index is 6.95. The van der Waals surface area contributed by atoms with Gasteiger partial charge in [-0.2, -0.15) is 0 Å². The highest BCUT2D eigenvalue weighted by Crippen LogP contribution is 2.29. The van der Waals surface area contributed by atoms with Gasteiger partial charge in [0.05, 0.1) is 6.07 Å². The molecule has 1 aliphatic rings. The molecule has 31 heavy (non-hydrogen) atoms. The Labute approximate surface area is 181 Å². The minimum absolute atomic E-state index is 0.734. The number of hydrogen-bond acceptors (Lipinski definition) is 2. The molecular formula is C26H20BN3O. The van der Waals surface area contributed by atoms with Crippen molar-refractivity contribution in [1.82, 2.24) is 9.78 Å². The molecule has 0 radical (unpaired) electrons. The minimum Gasteiger partial charge on any atom is -0.640 e. The number of pyridine rings is 1. The van der Waals surface area contributed by atoms with Crippen molar-refractivity contribution in [3.05, 3.63) is 121 Å². The number of benzene rings is 3. The normalized spacial score (nSPS) is 13.7. The monoisotopic (exact) mass is 401 g/mol. The molecule has 0 fully saturated rings. The third kappa shape index (κ3) is 2.71. The summed E-state index contributed by atoms with van der Waals surface area (Å²) < 4.78 is 11.1. The number of fused-ring (bicyclic) bond motifs is 3. The maximum atomic E-state index is 6.95. The van der Waals surface area contributed by atoms with Gasteiger partial charge in [0.15, 0.2) is 0 Å². The van der Waals surface area contributed by atoms with Crippen LogP contribution in [0.1, 0.15) is 0 Å². The van der Waals surface area contributed by atoms with Crippen LogP contribution in [-0.2, 0) is 0 Å². The molecule has 0 saturated carbocycles. The summed E-state index contributed by atoms with van der Waals surface area (Å²) in [6.07, 6.45) is 2.09. The highest BCUT2D eigenvalue weighted by molar-refractivity contribution is 6.91. The van der Waals surface area contributed by atoms with Crippen molar-refractivity contribution in [2.75, 3.05) is 0 Å². The van der Waals surface area contributed by atoms with E-state index in [2.05, 4.69) is 77.4 Å². The topological polar surface area (TPSA) is 30.9 Å². The summed E-state index contributed by atoms with van der Waals surface area (Å²) in [6, 6.07) is 39.3. The molecule has 5 aromatic rings. The second kappa shape index (κ2) is 6.99. The Balaban J connectivity index is 1.65. The molecule has 6 rings (SSSR count). The lowest BCUT2D eigenvalue weighted by atomic mass is 9.41. The largest absolute Gasteiger partial charge is 0.640 e. The van der Waals surface area contributed by atoms with Gasteiger partial charge in [0.1, 0.15) is 5.69 Å². The third-order valence-corrected chi connectivity index (χ3v) is 6.02. The molecule has 0 unspecified atom stereocenters. The number of rotatable bonds is 3. The van der Waals surface area contributed by atoms with E-state index >= 15 is 0 Å². The fourth-order valence-corrected chi connectivity index (χ4v) is 4.61. The van der Waals surface area contributed by atoms with Crippen LogP contribution in [0.15, 0.2) is 121 Å². The molecule has 0 spiro atoms. The van der Waals surface area contributed by atoms with E-state index in [1.54, 1.807) is 0 Å². The van der Waals surface area contributed by atoms with Crippen molar-refractivity contribution in [2.24, 2.45) is 0 Å². The molecule has 4 nitrogen and oxygen atoms in total. The zero-order valence-corrected chi connectivity index (χ0v) is 16.9. The number of aromatic nitrogens is 3. The van der Waals surface area contributed by atoms with Gasteiger partial charge in [-0.1, -0.05) is 107 Å². The van der Waals surface area contributed by atoms with Crippen molar-refractivity contribution in [2.45, 2.75) is 0 Å². The predicted molar refractivity (Wildman–Crippen MR) is 123 cm³/mol. The van der Waals surface area contributed by atoms with Crippen LogP contribution in [0, 0.1) is 0 Å². The molecule has 0 N–H and O–H groups in total. The molecule has 1 aliphatic heterocycles. The first-order chi connectivity index (χ1) is 15.4. The summed E-state index contributed by atoms with van der Waals surface area (Å²) >= 11 is 0. The standard InChI is InChI=1S/C26H20BN3O/c1-4-12-21(13-5-1)24-20-26-30(28-24)25-18-10-11-19-29(25)27(31-26,22-14-6-2-7-15-22)23-16-8-3-9-17-23/h1-20H. The van der Waals surface area contributed by atoms with Crippen molar-refractivity contribution in [3.8, 4) is 23.0 Å². The first-order valence-electron chi connectivity index (χ1n) is 10.5. The van der Waals surface area contributed by atoms with E-state index in [0.717, 1.165) is 33.9 Å². The van der Waals surface area contributed by atoms with Crippen molar-refractivity contribution in [3.63, 3.8) is 0 Å². The Morgan fingerprint density at radius 2 is 1.26 bits per heavy atom. The van der Waals surface area contributed by atoms with Crippen molar-refractivity contribution in [1.29, 1.82) is 0 Å². The zero-order chi connectivity index (χ0) is 20.7. The predicted octanol–water partition coefficient (Wildman–Crippen LogP) is 3.32. The van der Waals surface area contributed by atoms with E-state index in [-0.39, 0.29) is 0 Å². The molecule has 0 aliphatic carbocycles. The third-order valence-electron chi connectivity index (χ3n) is 6.02. The molecule has 0 amide bonds. The van der Waals surface area contributed by atoms with Crippen LogP contribution in [0.2, 0.25) is 0 Å². The minimum atomic E-state index is -1.74. The van der Waals surface area contributed by atoms with E-state index in [0.29, 0.717) is 0 Å². The van der Waals surface area contributed by atoms with Gasteiger partial charge in [0.25, 0.3) is 11.7 Å². The quantitative estimate of drug-likeness (QED) is 0.435. The highest BCUT2D eigenvalue weighted by Gasteiger charge is 2.46. The summed E-state index contributed by atoms with van der Waals surface area (Å²) in [7, 11) is 0. The van der Waals surface area contributed by atoms with Crippen molar-refractivity contribution < 1.29 is 9.13 Å². The lowest BCUT2D eigenvalue weighted by Gasteiger charge is -2.42. The number of nitrogens with zero attached hydrogens (tertiary/aromatic N) is 3. The molecule has 0 bridgehead atoms. The summed E-state index contributed by atoms with van der Waals surface area (Å²) in [5, 5.41) is 4.90. The molecule has 0 atom stereocenters. The Morgan fingerprint density at radius 1 is 0.677 bits per heavy atom. The van der Waals surface area contributed by atoms with Crippen LogP contribution < -0.4 is 20.1 Å². The Hall–Kier alpha value is -4.12. The summed E-state index contributed by atoms with van der Waals surface area (Å²) in [4.78, 5) is 0. The lowest BCUT2D eigenvalue weighted by molar-refractivity contribution is -0.551. The van der Waals surface area contributed by atoms with E-state index in [4.69, 9.17) is 9.75 Å². The van der Waals surface area contributed by atoms with Gasteiger partial charge < -0.3 is 9.13 Å². The summed E-state index contributed by atoms with van der Waals surface area (Å²) in [6.45, 7) is -1.74. The van der Waals surface area contributed by atoms with Gasteiger partial charge in [-0.25, -0.2) is 0 Å². The van der Waals surface area contributed by atoms with Gasteiger partial charge in [-0.3, -0.25) is 0 Å². The highest BCUT2D eigenvalue weighted by atomic mass is 16.5. The summed E-state index contributed by atoms with van der Waals surface area (Å²) in [5.41, 5.74) is 4.17. The SMILES string of the molecule is c1ccc(-c2cc3n(n2)-c2cccc[n+]2[B-](c2ccccc2)(c2ccccc2)O3)cc1. The average Bonchev–Trinajstić information content (AvgIpc) is 3.29. The first-order valence-corrected chi connectivity index (χ1v) is 10.5. The molecule has 0 saturated heterocycles. The molecule has 5 heteroatoms. The van der Waals surface area contributed by atoms with E-state index in [1.807, 2.05) is 53.2 Å². The zero-order valence-electron chi connectivity index (χ0n) is 16.9. The first kappa shape index (κ1) is 17.7. The van der Waals surface area contributed by atoms with Crippen LogP contribution in [0.25, 0.3) is 17.1 Å². The fraction of sp³-hybridized carbons (Fsp3) is 0. The molecule has 3 heterocycles. The van der Waals surface area contributed by atoms with Crippen molar-refractivity contribution >= 4 is 17.4 Å².